The van der Waals surface area contributed by atoms with E-state index in [2.05, 4.69) is 19.2 Å². The van der Waals surface area contributed by atoms with Crippen LogP contribution in [0.15, 0.2) is 0 Å². The van der Waals surface area contributed by atoms with E-state index >= 15 is 0 Å². The molecule has 3 aliphatic rings. The van der Waals surface area contributed by atoms with Crippen molar-refractivity contribution in [1.82, 2.24) is 5.32 Å². The fourth-order valence-corrected chi connectivity index (χ4v) is 2.51. The molecule has 2 atom stereocenters. The Morgan fingerprint density at radius 1 is 1.30 bits per heavy atom. The Kier molecular flexibility index (Phi) is 1.31. The van der Waals surface area contributed by atoms with Gasteiger partial charge in [0, 0.05) is 0 Å². The lowest BCUT2D eigenvalue weighted by molar-refractivity contribution is -0.00610. The SMILES string of the molecule is CC1(C)C2CCNCC1C2. The molecule has 3 rings (SSSR count). The van der Waals surface area contributed by atoms with Crippen LogP contribution in [0.5, 0.6) is 0 Å². The minimum atomic E-state index is 0.656. The van der Waals surface area contributed by atoms with E-state index in [9.17, 15) is 0 Å². The maximum absolute atomic E-state index is 3.49. The molecule has 1 N–H and O–H groups in total. The molecule has 1 heteroatoms. The first-order valence-corrected chi connectivity index (χ1v) is 4.42. The molecule has 0 amide bonds. The summed E-state index contributed by atoms with van der Waals surface area (Å²) in [7, 11) is 0. The van der Waals surface area contributed by atoms with Gasteiger partial charge in [0.2, 0.25) is 0 Å². The summed E-state index contributed by atoms with van der Waals surface area (Å²) in [6, 6.07) is 0. The van der Waals surface area contributed by atoms with Gasteiger partial charge in [-0.1, -0.05) is 13.8 Å². The Morgan fingerprint density at radius 2 is 2.10 bits per heavy atom. The number of hydrogen-bond donors (Lipinski definition) is 1. The summed E-state index contributed by atoms with van der Waals surface area (Å²) in [6.07, 6.45) is 2.89. The van der Waals surface area contributed by atoms with Gasteiger partial charge in [0.15, 0.2) is 0 Å². The highest BCUT2D eigenvalue weighted by atomic mass is 14.9. The molecule has 2 saturated heterocycles. The largest absolute Gasteiger partial charge is 0.316 e. The van der Waals surface area contributed by atoms with Crippen LogP contribution in [-0.2, 0) is 0 Å². The summed E-state index contributed by atoms with van der Waals surface area (Å²) in [5.74, 6) is 1.99. The molecule has 1 saturated carbocycles. The van der Waals surface area contributed by atoms with E-state index in [1.807, 2.05) is 0 Å². The van der Waals surface area contributed by atoms with Crippen molar-refractivity contribution in [3.05, 3.63) is 0 Å². The normalized spacial score (nSPS) is 43.8. The van der Waals surface area contributed by atoms with Crippen LogP contribution in [0, 0.1) is 17.3 Å². The molecule has 0 radical (unpaired) electrons. The second kappa shape index (κ2) is 1.97. The molecule has 2 aliphatic heterocycles. The topological polar surface area (TPSA) is 12.0 Å². The predicted octanol–water partition coefficient (Wildman–Crippen LogP) is 1.64. The average molecular weight is 139 g/mol. The first kappa shape index (κ1) is 6.66. The van der Waals surface area contributed by atoms with E-state index in [1.54, 1.807) is 0 Å². The Balaban J connectivity index is 2.12. The first-order valence-electron chi connectivity index (χ1n) is 4.42. The van der Waals surface area contributed by atoms with Crippen molar-refractivity contribution in [2.45, 2.75) is 26.7 Å². The highest BCUT2D eigenvalue weighted by Gasteiger charge is 2.48. The van der Waals surface area contributed by atoms with E-state index in [1.165, 1.54) is 25.9 Å². The van der Waals surface area contributed by atoms with Crippen molar-refractivity contribution in [3.63, 3.8) is 0 Å². The highest BCUT2D eigenvalue weighted by Crippen LogP contribution is 2.53. The zero-order valence-electron chi connectivity index (χ0n) is 6.98. The Bertz CT molecular complexity index is 122. The van der Waals surface area contributed by atoms with Gasteiger partial charge in [0.25, 0.3) is 0 Å². The minimum Gasteiger partial charge on any atom is -0.316 e. The van der Waals surface area contributed by atoms with Crippen molar-refractivity contribution < 1.29 is 0 Å². The second-order valence-corrected chi connectivity index (χ2v) is 4.44. The summed E-state index contributed by atoms with van der Waals surface area (Å²) in [4.78, 5) is 0. The molecule has 1 nitrogen and oxygen atoms in total. The zero-order chi connectivity index (χ0) is 7.19. The zero-order valence-corrected chi connectivity index (χ0v) is 6.98. The monoisotopic (exact) mass is 139 g/mol. The van der Waals surface area contributed by atoms with Crippen molar-refractivity contribution >= 4 is 0 Å². The molecule has 1 aliphatic carbocycles. The van der Waals surface area contributed by atoms with Gasteiger partial charge in [-0.3, -0.25) is 0 Å². The third kappa shape index (κ3) is 0.731. The van der Waals surface area contributed by atoms with Gasteiger partial charge >= 0.3 is 0 Å². The first-order chi connectivity index (χ1) is 4.71. The molecule has 3 fully saturated rings. The molecule has 2 bridgehead atoms. The van der Waals surface area contributed by atoms with Crippen molar-refractivity contribution in [2.75, 3.05) is 13.1 Å². The Labute approximate surface area is 63.2 Å². The Hall–Kier alpha value is -0.0400. The maximum atomic E-state index is 3.49. The molecule has 2 unspecified atom stereocenters. The number of rotatable bonds is 0. The summed E-state index contributed by atoms with van der Waals surface area (Å²) < 4.78 is 0. The molecular weight excluding hydrogens is 122 g/mol. The fourth-order valence-electron chi connectivity index (χ4n) is 2.51. The summed E-state index contributed by atoms with van der Waals surface area (Å²) in [5, 5.41) is 3.49. The Morgan fingerprint density at radius 3 is 2.80 bits per heavy atom. The molecule has 0 aromatic carbocycles. The van der Waals surface area contributed by atoms with Gasteiger partial charge in [0.05, 0.1) is 0 Å². The van der Waals surface area contributed by atoms with Crippen molar-refractivity contribution in [3.8, 4) is 0 Å². The fraction of sp³-hybridized carbons (Fsp3) is 1.00. The van der Waals surface area contributed by atoms with Crippen LogP contribution in [0.1, 0.15) is 26.7 Å². The quantitative estimate of drug-likeness (QED) is 0.538. The van der Waals surface area contributed by atoms with E-state index < -0.39 is 0 Å². The third-order valence-electron chi connectivity index (χ3n) is 3.73. The molecule has 0 aromatic rings. The van der Waals surface area contributed by atoms with E-state index in [-0.39, 0.29) is 0 Å². The van der Waals surface area contributed by atoms with Crippen LogP contribution in [-0.4, -0.2) is 13.1 Å². The summed E-state index contributed by atoms with van der Waals surface area (Å²) in [5.41, 5.74) is 0.656. The van der Waals surface area contributed by atoms with E-state index in [0.29, 0.717) is 5.41 Å². The predicted molar refractivity (Wildman–Crippen MR) is 42.9 cm³/mol. The molecule has 0 aromatic heterocycles. The molecule has 0 spiro atoms. The molecule has 2 heterocycles. The number of nitrogens with one attached hydrogen (secondary N) is 1. The van der Waals surface area contributed by atoms with Crippen LogP contribution >= 0.6 is 0 Å². The highest BCUT2D eigenvalue weighted by molar-refractivity contribution is 4.99. The molecule has 10 heavy (non-hydrogen) atoms. The lowest BCUT2D eigenvalue weighted by atomic mass is 9.54. The second-order valence-electron chi connectivity index (χ2n) is 4.44. The van der Waals surface area contributed by atoms with Gasteiger partial charge in [-0.25, -0.2) is 0 Å². The smallest absolute Gasteiger partial charge is 0.00152 e. The molecule has 58 valence electrons. The van der Waals surface area contributed by atoms with Crippen LogP contribution in [0.2, 0.25) is 0 Å². The van der Waals surface area contributed by atoms with Crippen molar-refractivity contribution in [2.24, 2.45) is 17.3 Å². The van der Waals surface area contributed by atoms with E-state index in [4.69, 9.17) is 0 Å². The average Bonchev–Trinajstić information content (AvgIpc) is 2.17. The molecular formula is C9H17N. The van der Waals surface area contributed by atoms with Crippen LogP contribution in [0.3, 0.4) is 0 Å². The minimum absolute atomic E-state index is 0.656. The summed E-state index contributed by atoms with van der Waals surface area (Å²) >= 11 is 0. The van der Waals surface area contributed by atoms with E-state index in [0.717, 1.165) is 11.8 Å². The standard InChI is InChI=1S/C9H17N/c1-9(2)7-3-4-10-6-8(9)5-7/h7-8,10H,3-6H2,1-2H3. The van der Waals surface area contributed by atoms with Gasteiger partial charge < -0.3 is 5.32 Å². The van der Waals surface area contributed by atoms with Gasteiger partial charge in [-0.05, 0) is 43.2 Å². The number of hydrogen-bond acceptors (Lipinski definition) is 1. The third-order valence-corrected chi connectivity index (χ3v) is 3.73. The van der Waals surface area contributed by atoms with Gasteiger partial charge in [0.1, 0.15) is 0 Å². The van der Waals surface area contributed by atoms with Gasteiger partial charge in [-0.15, -0.1) is 0 Å². The number of fused-ring (bicyclic) bond motifs is 3. The van der Waals surface area contributed by atoms with Crippen molar-refractivity contribution in [1.29, 1.82) is 0 Å². The lowest BCUT2D eigenvalue weighted by Crippen LogP contribution is -2.45. The van der Waals surface area contributed by atoms with Gasteiger partial charge in [-0.2, -0.15) is 0 Å². The summed E-state index contributed by atoms with van der Waals surface area (Å²) in [6.45, 7) is 7.38. The van der Waals surface area contributed by atoms with Crippen LogP contribution in [0.25, 0.3) is 0 Å². The van der Waals surface area contributed by atoms with Crippen LogP contribution < -0.4 is 5.32 Å². The lowest BCUT2D eigenvalue weighted by Gasteiger charge is -2.50. The van der Waals surface area contributed by atoms with Crippen LogP contribution in [0.4, 0.5) is 0 Å². The maximum Gasteiger partial charge on any atom is -0.00152 e.